The van der Waals surface area contributed by atoms with E-state index in [-0.39, 0.29) is 12.2 Å². The van der Waals surface area contributed by atoms with Crippen molar-refractivity contribution in [1.82, 2.24) is 0 Å². The number of halogens is 3. The zero-order chi connectivity index (χ0) is 13.8. The molecule has 1 aromatic rings. The summed E-state index contributed by atoms with van der Waals surface area (Å²) in [5, 5.41) is 8.63. The summed E-state index contributed by atoms with van der Waals surface area (Å²) in [6.45, 7) is 1.51. The van der Waals surface area contributed by atoms with Crippen LogP contribution in [0.2, 0.25) is 0 Å². The quantitative estimate of drug-likeness (QED) is 0.783. The predicted octanol–water partition coefficient (Wildman–Crippen LogP) is 2.63. The van der Waals surface area contributed by atoms with Gasteiger partial charge in [0.2, 0.25) is 0 Å². The number of alkyl halides is 3. The Hall–Kier alpha value is -2.23. The van der Waals surface area contributed by atoms with Crippen LogP contribution in [0.5, 0.6) is 5.75 Å². The highest BCUT2D eigenvalue weighted by Crippen LogP contribution is 2.27. The fourth-order valence-electron chi connectivity index (χ4n) is 1.18. The van der Waals surface area contributed by atoms with Crippen LogP contribution in [0.4, 0.5) is 13.2 Å². The minimum Gasteiger partial charge on any atom is -0.462 e. The largest absolute Gasteiger partial charge is 0.573 e. The molecular formula is C11H8F3NO3. The molecule has 0 bridgehead atoms. The number of ether oxygens (including phenoxy) is 2. The van der Waals surface area contributed by atoms with Crippen LogP contribution >= 0.6 is 0 Å². The normalized spacial score (nSPS) is 10.6. The molecule has 0 radical (unpaired) electrons. The monoisotopic (exact) mass is 259 g/mol. The molecule has 0 fully saturated rings. The van der Waals surface area contributed by atoms with Gasteiger partial charge in [-0.15, -0.1) is 13.2 Å². The molecule has 0 N–H and O–H groups in total. The van der Waals surface area contributed by atoms with E-state index in [4.69, 9.17) is 5.26 Å². The molecule has 0 aliphatic rings. The van der Waals surface area contributed by atoms with Crippen molar-refractivity contribution in [2.45, 2.75) is 13.3 Å². The van der Waals surface area contributed by atoms with Gasteiger partial charge in [-0.05, 0) is 25.1 Å². The molecule has 0 heterocycles. The number of esters is 1. The Labute approximate surface area is 101 Å². The van der Waals surface area contributed by atoms with Crippen molar-refractivity contribution in [2.75, 3.05) is 6.61 Å². The maximum absolute atomic E-state index is 12.1. The van der Waals surface area contributed by atoms with Gasteiger partial charge in [0.25, 0.3) is 0 Å². The van der Waals surface area contributed by atoms with Crippen LogP contribution in [0.25, 0.3) is 0 Å². The Morgan fingerprint density at radius 3 is 2.61 bits per heavy atom. The molecular weight excluding hydrogens is 251 g/mol. The predicted molar refractivity (Wildman–Crippen MR) is 53.8 cm³/mol. The summed E-state index contributed by atoms with van der Waals surface area (Å²) in [5.41, 5.74) is -0.402. The van der Waals surface area contributed by atoms with Gasteiger partial charge in [0.15, 0.2) is 0 Å². The first-order chi connectivity index (χ1) is 8.37. The van der Waals surface area contributed by atoms with E-state index >= 15 is 0 Å². The highest BCUT2D eigenvalue weighted by Gasteiger charge is 2.33. The third-order valence-corrected chi connectivity index (χ3v) is 1.83. The molecule has 7 heteroatoms. The fraction of sp³-hybridized carbons (Fsp3) is 0.273. The third-order valence-electron chi connectivity index (χ3n) is 1.83. The van der Waals surface area contributed by atoms with E-state index in [0.717, 1.165) is 18.2 Å². The summed E-state index contributed by atoms with van der Waals surface area (Å²) in [6, 6.07) is 4.71. The van der Waals surface area contributed by atoms with E-state index in [1.807, 2.05) is 0 Å². The average molecular weight is 259 g/mol. The standard InChI is InChI=1S/C11H8F3NO3/c1-2-17-10(16)8-5-7(6-15)3-4-9(8)18-11(12,13)14/h3-5H,2H2,1H3. The van der Waals surface area contributed by atoms with Crippen molar-refractivity contribution in [3.63, 3.8) is 0 Å². The van der Waals surface area contributed by atoms with Gasteiger partial charge in [-0.2, -0.15) is 5.26 Å². The topological polar surface area (TPSA) is 59.3 Å². The summed E-state index contributed by atoms with van der Waals surface area (Å²) < 4.78 is 44.6. The lowest BCUT2D eigenvalue weighted by atomic mass is 10.1. The molecule has 1 rings (SSSR count). The molecule has 0 unspecified atom stereocenters. The van der Waals surface area contributed by atoms with Gasteiger partial charge in [0.05, 0.1) is 18.2 Å². The maximum Gasteiger partial charge on any atom is 0.573 e. The first-order valence-electron chi connectivity index (χ1n) is 4.84. The molecule has 0 saturated carbocycles. The molecule has 0 saturated heterocycles. The lowest BCUT2D eigenvalue weighted by Crippen LogP contribution is -2.19. The number of nitrogens with zero attached hydrogens (tertiary/aromatic N) is 1. The van der Waals surface area contributed by atoms with Crippen LogP contribution < -0.4 is 4.74 Å². The van der Waals surface area contributed by atoms with Crippen LogP contribution in [-0.4, -0.2) is 18.9 Å². The van der Waals surface area contributed by atoms with Gasteiger partial charge >= 0.3 is 12.3 Å². The minimum absolute atomic E-state index is 0.00106. The van der Waals surface area contributed by atoms with Gasteiger partial charge < -0.3 is 9.47 Å². The Kier molecular flexibility index (Phi) is 4.15. The second kappa shape index (κ2) is 5.40. The van der Waals surface area contributed by atoms with E-state index in [0.29, 0.717) is 0 Å². The average Bonchev–Trinajstić information content (AvgIpc) is 2.27. The number of hydrogen-bond donors (Lipinski definition) is 0. The van der Waals surface area contributed by atoms with Crippen LogP contribution in [0.3, 0.4) is 0 Å². The Morgan fingerprint density at radius 2 is 2.11 bits per heavy atom. The van der Waals surface area contributed by atoms with E-state index in [2.05, 4.69) is 9.47 Å². The number of carbonyl (C=O) groups is 1. The molecule has 0 atom stereocenters. The third kappa shape index (κ3) is 3.66. The van der Waals surface area contributed by atoms with Crippen molar-refractivity contribution in [3.8, 4) is 11.8 Å². The smallest absolute Gasteiger partial charge is 0.462 e. The molecule has 0 aliphatic heterocycles. The molecule has 0 aliphatic carbocycles. The summed E-state index contributed by atoms with van der Waals surface area (Å²) in [6.07, 6.45) is -4.92. The maximum atomic E-state index is 12.1. The second-order valence-electron chi connectivity index (χ2n) is 3.09. The molecule has 96 valence electrons. The summed E-state index contributed by atoms with van der Waals surface area (Å²) >= 11 is 0. The van der Waals surface area contributed by atoms with Crippen LogP contribution in [-0.2, 0) is 4.74 Å². The lowest BCUT2D eigenvalue weighted by molar-refractivity contribution is -0.274. The Bertz CT molecular complexity index is 491. The van der Waals surface area contributed by atoms with Crippen LogP contribution in [0.15, 0.2) is 18.2 Å². The number of nitriles is 1. The van der Waals surface area contributed by atoms with Crippen LogP contribution in [0, 0.1) is 11.3 Å². The first kappa shape index (κ1) is 13.8. The van der Waals surface area contributed by atoms with Gasteiger partial charge in [-0.3, -0.25) is 0 Å². The van der Waals surface area contributed by atoms with E-state index in [1.165, 1.54) is 6.92 Å². The lowest BCUT2D eigenvalue weighted by Gasteiger charge is -2.12. The van der Waals surface area contributed by atoms with Gasteiger partial charge in [-0.25, -0.2) is 4.79 Å². The Balaban J connectivity index is 3.17. The summed E-state index contributed by atoms with van der Waals surface area (Å²) in [7, 11) is 0. The fourth-order valence-corrected chi connectivity index (χ4v) is 1.18. The molecule has 0 spiro atoms. The summed E-state index contributed by atoms with van der Waals surface area (Å²) in [5.74, 6) is -1.67. The van der Waals surface area contributed by atoms with E-state index in [1.54, 1.807) is 6.07 Å². The van der Waals surface area contributed by atoms with Gasteiger partial charge in [0, 0.05) is 0 Å². The molecule has 0 aromatic heterocycles. The van der Waals surface area contributed by atoms with Crippen molar-refractivity contribution in [3.05, 3.63) is 29.3 Å². The highest BCUT2D eigenvalue weighted by molar-refractivity contribution is 5.93. The van der Waals surface area contributed by atoms with Gasteiger partial charge in [0.1, 0.15) is 11.3 Å². The minimum atomic E-state index is -4.92. The molecule has 18 heavy (non-hydrogen) atoms. The zero-order valence-corrected chi connectivity index (χ0v) is 9.25. The van der Waals surface area contributed by atoms with Crippen LogP contribution in [0.1, 0.15) is 22.8 Å². The number of benzene rings is 1. The summed E-state index contributed by atoms with van der Waals surface area (Å²) in [4.78, 5) is 11.4. The van der Waals surface area contributed by atoms with E-state index in [9.17, 15) is 18.0 Å². The SMILES string of the molecule is CCOC(=O)c1cc(C#N)ccc1OC(F)(F)F. The van der Waals surface area contributed by atoms with Crippen molar-refractivity contribution < 1.29 is 27.4 Å². The second-order valence-corrected chi connectivity index (χ2v) is 3.09. The molecule has 0 amide bonds. The number of carbonyl (C=O) groups excluding carboxylic acids is 1. The van der Waals surface area contributed by atoms with Gasteiger partial charge in [-0.1, -0.05) is 0 Å². The number of rotatable bonds is 3. The van der Waals surface area contributed by atoms with Crippen molar-refractivity contribution >= 4 is 5.97 Å². The van der Waals surface area contributed by atoms with Crippen molar-refractivity contribution in [2.24, 2.45) is 0 Å². The highest BCUT2D eigenvalue weighted by atomic mass is 19.4. The zero-order valence-electron chi connectivity index (χ0n) is 9.25. The number of hydrogen-bond acceptors (Lipinski definition) is 4. The first-order valence-corrected chi connectivity index (χ1v) is 4.84. The van der Waals surface area contributed by atoms with Crippen molar-refractivity contribution in [1.29, 1.82) is 5.26 Å². The molecule has 1 aromatic carbocycles. The molecule has 4 nitrogen and oxygen atoms in total. The Morgan fingerprint density at radius 1 is 1.44 bits per heavy atom. The van der Waals surface area contributed by atoms with E-state index < -0.39 is 23.6 Å².